The number of aryl methyl sites for hydroxylation is 1. The largest absolute Gasteiger partial charge is 0.388 e. The van der Waals surface area contributed by atoms with Crippen molar-refractivity contribution in [2.24, 2.45) is 0 Å². The molecule has 0 fully saturated rings. The van der Waals surface area contributed by atoms with Gasteiger partial charge < -0.3 is 9.67 Å². The fourth-order valence-corrected chi connectivity index (χ4v) is 3.06. The van der Waals surface area contributed by atoms with Gasteiger partial charge in [0.1, 0.15) is 0 Å². The molecule has 18 heavy (non-hydrogen) atoms. The first-order valence-electron chi connectivity index (χ1n) is 6.20. The maximum Gasteiger partial charge on any atom is 0.208 e. The van der Waals surface area contributed by atoms with Gasteiger partial charge in [0.25, 0.3) is 0 Å². The Kier molecular flexibility index (Phi) is 3.79. The highest BCUT2D eigenvalue weighted by molar-refractivity contribution is 7.88. The fourth-order valence-electron chi connectivity index (χ4n) is 2.60. The lowest BCUT2D eigenvalue weighted by Crippen LogP contribution is -2.27. The van der Waals surface area contributed by atoms with E-state index < -0.39 is 10.0 Å². The highest BCUT2D eigenvalue weighted by atomic mass is 32.2. The SMILES string of the molecule is Cc1cc2c(n1CCNS(C)(=O)=O)CCCC2O. The Labute approximate surface area is 108 Å². The summed E-state index contributed by atoms with van der Waals surface area (Å²) in [5, 5.41) is 9.93. The van der Waals surface area contributed by atoms with Gasteiger partial charge in [-0.05, 0) is 32.3 Å². The molecule has 0 saturated carbocycles. The number of nitrogens with zero attached hydrogens (tertiary/aromatic N) is 1. The first-order valence-corrected chi connectivity index (χ1v) is 8.09. The number of aliphatic hydroxyl groups is 1. The third-order valence-corrected chi connectivity index (χ3v) is 4.13. The monoisotopic (exact) mass is 272 g/mol. The van der Waals surface area contributed by atoms with Crippen molar-refractivity contribution in [3.05, 3.63) is 23.0 Å². The molecule has 1 heterocycles. The lowest BCUT2D eigenvalue weighted by Gasteiger charge is -2.20. The first kappa shape index (κ1) is 13.6. The van der Waals surface area contributed by atoms with E-state index in [2.05, 4.69) is 9.29 Å². The normalized spacial score (nSPS) is 19.8. The summed E-state index contributed by atoms with van der Waals surface area (Å²) in [4.78, 5) is 0. The number of sulfonamides is 1. The Morgan fingerprint density at radius 1 is 1.56 bits per heavy atom. The van der Waals surface area contributed by atoms with Crippen molar-refractivity contribution in [1.29, 1.82) is 0 Å². The summed E-state index contributed by atoms with van der Waals surface area (Å²) in [6, 6.07) is 2.01. The third-order valence-electron chi connectivity index (χ3n) is 3.40. The topological polar surface area (TPSA) is 71.3 Å². The molecule has 0 aliphatic heterocycles. The van der Waals surface area contributed by atoms with Crippen molar-refractivity contribution in [3.63, 3.8) is 0 Å². The molecule has 0 bridgehead atoms. The number of fused-ring (bicyclic) bond motifs is 1. The van der Waals surface area contributed by atoms with Crippen molar-refractivity contribution in [2.75, 3.05) is 12.8 Å². The molecular weight excluding hydrogens is 252 g/mol. The Balaban J connectivity index is 2.14. The Bertz CT molecular complexity index is 534. The van der Waals surface area contributed by atoms with Crippen LogP contribution >= 0.6 is 0 Å². The zero-order chi connectivity index (χ0) is 13.3. The average molecular weight is 272 g/mol. The average Bonchev–Trinajstić information content (AvgIpc) is 2.56. The Morgan fingerprint density at radius 3 is 2.94 bits per heavy atom. The second-order valence-corrected chi connectivity index (χ2v) is 6.75. The molecule has 0 spiro atoms. The van der Waals surface area contributed by atoms with Crippen molar-refractivity contribution < 1.29 is 13.5 Å². The molecule has 1 aliphatic rings. The summed E-state index contributed by atoms with van der Waals surface area (Å²) < 4.78 is 26.7. The van der Waals surface area contributed by atoms with E-state index in [4.69, 9.17) is 0 Å². The predicted molar refractivity (Wildman–Crippen MR) is 69.9 cm³/mol. The predicted octanol–water partition coefficient (Wildman–Crippen LogP) is 0.715. The van der Waals surface area contributed by atoms with Crippen LogP contribution < -0.4 is 4.72 Å². The van der Waals surface area contributed by atoms with Gasteiger partial charge in [-0.3, -0.25) is 0 Å². The highest BCUT2D eigenvalue weighted by Gasteiger charge is 2.22. The van der Waals surface area contributed by atoms with Crippen molar-refractivity contribution in [2.45, 2.75) is 38.8 Å². The molecule has 0 radical (unpaired) electrons. The Hall–Kier alpha value is -0.850. The Morgan fingerprint density at radius 2 is 2.28 bits per heavy atom. The summed E-state index contributed by atoms with van der Waals surface area (Å²) in [5.74, 6) is 0. The molecule has 102 valence electrons. The summed E-state index contributed by atoms with van der Waals surface area (Å²) in [7, 11) is -3.13. The van der Waals surface area contributed by atoms with Gasteiger partial charge in [0.05, 0.1) is 12.4 Å². The van der Waals surface area contributed by atoms with Crippen LogP contribution in [0.25, 0.3) is 0 Å². The van der Waals surface area contributed by atoms with Crippen LogP contribution in [0.3, 0.4) is 0 Å². The fraction of sp³-hybridized carbons (Fsp3) is 0.667. The minimum Gasteiger partial charge on any atom is -0.388 e. The van der Waals surface area contributed by atoms with Crippen LogP contribution in [-0.4, -0.2) is 30.9 Å². The maximum atomic E-state index is 11.0. The van der Waals surface area contributed by atoms with E-state index >= 15 is 0 Å². The second-order valence-electron chi connectivity index (χ2n) is 4.91. The molecule has 0 aromatic carbocycles. The molecule has 1 atom stereocenters. The smallest absolute Gasteiger partial charge is 0.208 e. The minimum absolute atomic E-state index is 0.364. The summed E-state index contributed by atoms with van der Waals surface area (Å²) in [6.45, 7) is 2.99. The lowest BCUT2D eigenvalue weighted by molar-refractivity contribution is 0.155. The van der Waals surface area contributed by atoms with Gasteiger partial charge in [-0.1, -0.05) is 0 Å². The van der Waals surface area contributed by atoms with Crippen molar-refractivity contribution in [3.8, 4) is 0 Å². The summed E-state index contributed by atoms with van der Waals surface area (Å²) in [5.41, 5.74) is 3.25. The number of rotatable bonds is 4. The van der Waals surface area contributed by atoms with Crippen LogP contribution in [0.15, 0.2) is 6.07 Å². The van der Waals surface area contributed by atoms with E-state index in [1.54, 1.807) is 0 Å². The number of aliphatic hydroxyl groups excluding tert-OH is 1. The second kappa shape index (κ2) is 5.03. The molecule has 2 rings (SSSR count). The standard InChI is InChI=1S/C12H20N2O3S/c1-9-8-10-11(4-3-5-12(10)15)14(9)7-6-13-18(2,16)17/h8,12-13,15H,3-7H2,1-2H3. The van der Waals surface area contributed by atoms with E-state index in [0.717, 1.165) is 42.5 Å². The van der Waals surface area contributed by atoms with Gasteiger partial charge in [-0.2, -0.15) is 0 Å². The van der Waals surface area contributed by atoms with E-state index in [1.807, 2.05) is 13.0 Å². The van der Waals surface area contributed by atoms with Crippen LogP contribution in [0.4, 0.5) is 0 Å². The van der Waals surface area contributed by atoms with E-state index in [0.29, 0.717) is 13.1 Å². The molecule has 5 nitrogen and oxygen atoms in total. The molecule has 6 heteroatoms. The minimum atomic E-state index is -3.13. The quantitative estimate of drug-likeness (QED) is 0.848. The number of hydrogen-bond donors (Lipinski definition) is 2. The maximum absolute atomic E-state index is 11.0. The van der Waals surface area contributed by atoms with Crippen LogP contribution in [-0.2, 0) is 23.0 Å². The lowest BCUT2D eigenvalue weighted by atomic mass is 9.95. The van der Waals surface area contributed by atoms with Gasteiger partial charge in [-0.25, -0.2) is 13.1 Å². The first-order chi connectivity index (χ1) is 8.38. The number of nitrogens with one attached hydrogen (secondary N) is 1. The zero-order valence-corrected chi connectivity index (χ0v) is 11.6. The zero-order valence-electron chi connectivity index (χ0n) is 10.8. The van der Waals surface area contributed by atoms with Crippen molar-refractivity contribution in [1.82, 2.24) is 9.29 Å². The summed E-state index contributed by atoms with van der Waals surface area (Å²) >= 11 is 0. The van der Waals surface area contributed by atoms with Gasteiger partial charge in [0.15, 0.2) is 0 Å². The molecule has 1 aliphatic carbocycles. The van der Waals surface area contributed by atoms with Crippen molar-refractivity contribution >= 4 is 10.0 Å². The molecule has 1 aromatic rings. The molecule has 1 aromatic heterocycles. The van der Waals surface area contributed by atoms with E-state index in [1.165, 1.54) is 0 Å². The van der Waals surface area contributed by atoms with Gasteiger partial charge in [0, 0.05) is 30.0 Å². The third kappa shape index (κ3) is 2.93. The van der Waals surface area contributed by atoms with Gasteiger partial charge >= 0.3 is 0 Å². The molecule has 1 unspecified atom stereocenters. The molecule has 2 N–H and O–H groups in total. The molecular formula is C12H20N2O3S. The van der Waals surface area contributed by atoms with Crippen LogP contribution in [0.1, 0.15) is 35.9 Å². The molecule has 0 amide bonds. The summed E-state index contributed by atoms with van der Waals surface area (Å²) in [6.07, 6.45) is 3.56. The van der Waals surface area contributed by atoms with Crippen LogP contribution in [0.5, 0.6) is 0 Å². The van der Waals surface area contributed by atoms with E-state index in [9.17, 15) is 13.5 Å². The molecule has 0 saturated heterocycles. The van der Waals surface area contributed by atoms with Gasteiger partial charge in [-0.15, -0.1) is 0 Å². The van der Waals surface area contributed by atoms with Crippen LogP contribution in [0.2, 0.25) is 0 Å². The van der Waals surface area contributed by atoms with Crippen LogP contribution in [0, 0.1) is 6.92 Å². The van der Waals surface area contributed by atoms with E-state index in [-0.39, 0.29) is 6.10 Å². The van der Waals surface area contributed by atoms with Gasteiger partial charge in [0.2, 0.25) is 10.0 Å². The highest BCUT2D eigenvalue weighted by Crippen LogP contribution is 2.31. The number of hydrogen-bond acceptors (Lipinski definition) is 3. The number of aromatic nitrogens is 1.